The van der Waals surface area contributed by atoms with Crippen molar-refractivity contribution < 1.29 is 9.13 Å². The highest BCUT2D eigenvalue weighted by molar-refractivity contribution is 6.33. The first kappa shape index (κ1) is 23.5. The number of rotatable bonds is 5. The van der Waals surface area contributed by atoms with Crippen molar-refractivity contribution in [1.82, 2.24) is 9.55 Å². The van der Waals surface area contributed by atoms with Crippen LogP contribution in [0.3, 0.4) is 0 Å². The van der Waals surface area contributed by atoms with Crippen LogP contribution in [0.25, 0.3) is 5.69 Å². The zero-order valence-corrected chi connectivity index (χ0v) is 20.2. The molecule has 0 amide bonds. The van der Waals surface area contributed by atoms with Crippen molar-refractivity contribution in [2.75, 3.05) is 18.0 Å². The van der Waals surface area contributed by atoms with E-state index < -0.39 is 5.60 Å². The first-order valence-corrected chi connectivity index (χ1v) is 11.6. The maximum atomic E-state index is 13.7. The Morgan fingerprint density at radius 3 is 2.45 bits per heavy atom. The normalized spacial score (nSPS) is 15.2. The molecule has 0 bridgehead atoms. The van der Waals surface area contributed by atoms with Gasteiger partial charge in [-0.05, 0) is 76.4 Å². The molecule has 2 heterocycles. The first-order chi connectivity index (χ1) is 15.6. The minimum Gasteiger partial charge on any atom is -0.370 e. The summed E-state index contributed by atoms with van der Waals surface area (Å²) in [5, 5.41) is 0.596. The molecule has 174 valence electrons. The minimum absolute atomic E-state index is 0.0809. The molecular weight excluding hydrogens is 441 g/mol. The summed E-state index contributed by atoms with van der Waals surface area (Å²) >= 11 is 6.64. The van der Waals surface area contributed by atoms with Gasteiger partial charge in [0.2, 0.25) is 0 Å². The molecule has 2 aromatic carbocycles. The van der Waals surface area contributed by atoms with Crippen LogP contribution in [-0.2, 0) is 10.3 Å². The lowest BCUT2D eigenvalue weighted by atomic mass is 9.96. The van der Waals surface area contributed by atoms with Crippen molar-refractivity contribution in [3.05, 3.63) is 86.8 Å². The lowest BCUT2D eigenvalue weighted by Crippen LogP contribution is -2.40. The summed E-state index contributed by atoms with van der Waals surface area (Å²) in [6.07, 6.45) is 1.77. The van der Waals surface area contributed by atoms with Gasteiger partial charge in [0.15, 0.2) is 0 Å². The van der Waals surface area contributed by atoms with Gasteiger partial charge in [-0.25, -0.2) is 9.37 Å². The summed E-state index contributed by atoms with van der Waals surface area (Å²) in [5.74, 6) is 0.374. The number of ether oxygens (including phenoxy) is 1. The topological polar surface area (TPSA) is 47.4 Å². The lowest BCUT2D eigenvalue weighted by molar-refractivity contribution is -0.0844. The van der Waals surface area contributed by atoms with Crippen LogP contribution in [0.2, 0.25) is 5.02 Å². The number of halogens is 2. The molecule has 0 radical (unpaired) electrons. The SMILES string of the molecule is Cc1cc(=O)n(-c2ccc(N3CCC(OC(C)(C)c4cccc(F)c4)CC3)c(Cl)c2)c(C)n1. The molecular formula is C26H29ClFN3O2. The van der Waals surface area contributed by atoms with Crippen LogP contribution in [0.5, 0.6) is 0 Å². The minimum atomic E-state index is -0.568. The molecule has 0 spiro atoms. The zero-order valence-electron chi connectivity index (χ0n) is 19.4. The highest BCUT2D eigenvalue weighted by atomic mass is 35.5. The number of hydrogen-bond donors (Lipinski definition) is 0. The van der Waals surface area contributed by atoms with Crippen molar-refractivity contribution in [3.8, 4) is 5.69 Å². The summed E-state index contributed by atoms with van der Waals surface area (Å²) in [6.45, 7) is 9.18. The third kappa shape index (κ3) is 5.12. The Morgan fingerprint density at radius 1 is 1.09 bits per heavy atom. The largest absolute Gasteiger partial charge is 0.370 e. The molecule has 0 saturated carbocycles. The molecule has 0 atom stereocenters. The van der Waals surface area contributed by atoms with Gasteiger partial charge in [-0.2, -0.15) is 0 Å². The summed E-state index contributed by atoms with van der Waals surface area (Å²) in [4.78, 5) is 19.1. The number of benzene rings is 2. The first-order valence-electron chi connectivity index (χ1n) is 11.2. The predicted molar refractivity (Wildman–Crippen MR) is 130 cm³/mol. The molecule has 3 aromatic rings. The average Bonchev–Trinajstić information content (AvgIpc) is 2.74. The van der Waals surface area contributed by atoms with Crippen molar-refractivity contribution >= 4 is 17.3 Å². The van der Waals surface area contributed by atoms with Crippen molar-refractivity contribution in [3.63, 3.8) is 0 Å². The van der Waals surface area contributed by atoms with E-state index in [1.807, 2.05) is 45.0 Å². The highest BCUT2D eigenvalue weighted by Crippen LogP contribution is 2.33. The van der Waals surface area contributed by atoms with E-state index in [0.29, 0.717) is 22.2 Å². The fourth-order valence-corrected chi connectivity index (χ4v) is 4.80. The van der Waals surface area contributed by atoms with Crippen molar-refractivity contribution in [2.24, 2.45) is 0 Å². The Hall–Kier alpha value is -2.70. The van der Waals surface area contributed by atoms with Gasteiger partial charge in [-0.3, -0.25) is 9.36 Å². The molecule has 4 rings (SSSR count). The van der Waals surface area contributed by atoms with E-state index in [1.54, 1.807) is 17.6 Å². The van der Waals surface area contributed by atoms with Crippen molar-refractivity contribution in [1.29, 1.82) is 0 Å². The molecule has 33 heavy (non-hydrogen) atoms. The number of aryl methyl sites for hydroxylation is 2. The van der Waals surface area contributed by atoms with Gasteiger partial charge in [-0.1, -0.05) is 23.7 Å². The second-order valence-corrected chi connectivity index (χ2v) is 9.49. The van der Waals surface area contributed by atoms with E-state index in [4.69, 9.17) is 16.3 Å². The maximum Gasteiger partial charge on any atom is 0.258 e. The monoisotopic (exact) mass is 469 g/mol. The van der Waals surface area contributed by atoms with E-state index in [0.717, 1.165) is 37.2 Å². The van der Waals surface area contributed by atoms with E-state index in [-0.39, 0.29) is 17.5 Å². The molecule has 0 aliphatic carbocycles. The van der Waals surface area contributed by atoms with Gasteiger partial charge in [0.05, 0.1) is 28.1 Å². The third-order valence-electron chi connectivity index (χ3n) is 6.17. The van der Waals surface area contributed by atoms with Gasteiger partial charge in [0.25, 0.3) is 5.56 Å². The Morgan fingerprint density at radius 2 is 1.82 bits per heavy atom. The van der Waals surface area contributed by atoms with Crippen LogP contribution in [0.15, 0.2) is 53.3 Å². The lowest BCUT2D eigenvalue weighted by Gasteiger charge is -2.38. The number of hydrogen-bond acceptors (Lipinski definition) is 4. The Balaban J connectivity index is 1.45. The second kappa shape index (κ2) is 9.27. The Labute approximate surface area is 198 Å². The second-order valence-electron chi connectivity index (χ2n) is 9.08. The molecule has 7 heteroatoms. The van der Waals surface area contributed by atoms with E-state index >= 15 is 0 Å². The van der Waals surface area contributed by atoms with Gasteiger partial charge in [-0.15, -0.1) is 0 Å². The number of anilines is 1. The molecule has 0 unspecified atom stereocenters. The number of nitrogens with zero attached hydrogens (tertiary/aromatic N) is 3. The molecule has 5 nitrogen and oxygen atoms in total. The van der Waals surface area contributed by atoms with Crippen LogP contribution < -0.4 is 10.5 Å². The van der Waals surface area contributed by atoms with Gasteiger partial charge in [0, 0.05) is 24.8 Å². The molecule has 0 N–H and O–H groups in total. The highest BCUT2D eigenvalue weighted by Gasteiger charge is 2.29. The molecule has 1 fully saturated rings. The van der Waals surface area contributed by atoms with Gasteiger partial charge < -0.3 is 9.64 Å². The van der Waals surface area contributed by atoms with Gasteiger partial charge >= 0.3 is 0 Å². The van der Waals surface area contributed by atoms with Crippen LogP contribution in [-0.4, -0.2) is 28.7 Å². The van der Waals surface area contributed by atoms with Crippen LogP contribution in [0.1, 0.15) is 43.8 Å². The van der Waals surface area contributed by atoms with Crippen LogP contribution >= 0.6 is 11.6 Å². The summed E-state index contributed by atoms with van der Waals surface area (Å²) in [7, 11) is 0. The zero-order chi connectivity index (χ0) is 23.8. The predicted octanol–water partition coefficient (Wildman–Crippen LogP) is 5.56. The van der Waals surface area contributed by atoms with Crippen molar-refractivity contribution in [2.45, 2.75) is 52.2 Å². The average molecular weight is 470 g/mol. The summed E-state index contributed by atoms with van der Waals surface area (Å²) in [5.41, 5.74) is 2.48. The maximum absolute atomic E-state index is 13.7. The smallest absolute Gasteiger partial charge is 0.258 e. The molecule has 1 aliphatic heterocycles. The van der Waals surface area contributed by atoms with E-state index in [2.05, 4.69) is 9.88 Å². The number of piperidine rings is 1. The van der Waals surface area contributed by atoms with Crippen LogP contribution in [0.4, 0.5) is 10.1 Å². The fraction of sp³-hybridized carbons (Fsp3) is 0.385. The molecule has 1 aromatic heterocycles. The fourth-order valence-electron chi connectivity index (χ4n) is 4.51. The van der Waals surface area contributed by atoms with E-state index in [9.17, 15) is 9.18 Å². The third-order valence-corrected chi connectivity index (χ3v) is 6.47. The summed E-state index contributed by atoms with van der Waals surface area (Å²) in [6, 6.07) is 13.8. The van der Waals surface area contributed by atoms with Gasteiger partial charge in [0.1, 0.15) is 11.6 Å². The standard InChI is InChI=1S/C26H29ClFN3O2/c1-17-14-25(32)31(18(2)29-17)21-8-9-24(23(27)16-21)30-12-10-22(11-13-30)33-26(3,4)19-6-5-7-20(28)15-19/h5-9,14-16,22H,10-13H2,1-4H3. The quantitative estimate of drug-likeness (QED) is 0.490. The van der Waals surface area contributed by atoms with Crippen LogP contribution in [0, 0.1) is 19.7 Å². The van der Waals surface area contributed by atoms with E-state index in [1.165, 1.54) is 18.2 Å². The summed E-state index contributed by atoms with van der Waals surface area (Å²) < 4.78 is 21.6. The Bertz CT molecular complexity index is 1220. The molecule has 1 aliphatic rings. The number of aromatic nitrogens is 2. The molecule has 1 saturated heterocycles. The Kier molecular flexibility index (Phi) is 6.59.